The molecule has 0 spiro atoms. The van der Waals surface area contributed by atoms with E-state index in [0.29, 0.717) is 13.0 Å². The first-order valence-electron chi connectivity index (χ1n) is 4.94. The Morgan fingerprint density at radius 3 is 3.00 bits per heavy atom. The molecule has 0 aliphatic carbocycles. The Hall–Kier alpha value is -1.26. The van der Waals surface area contributed by atoms with Crippen LogP contribution in [0.2, 0.25) is 0 Å². The minimum atomic E-state index is 0.0178. The number of hydrogen-bond acceptors (Lipinski definition) is 3. The number of amides is 1. The van der Waals surface area contributed by atoms with Gasteiger partial charge in [0.2, 0.25) is 5.91 Å². The molecular weight excluding hydrogens is 182 g/mol. The molecule has 1 unspecified atom stereocenters. The molecule has 14 heavy (non-hydrogen) atoms. The van der Waals surface area contributed by atoms with E-state index in [4.69, 9.17) is 10.9 Å². The maximum absolute atomic E-state index is 11.4. The van der Waals surface area contributed by atoms with Crippen molar-refractivity contribution < 1.29 is 10.0 Å². The summed E-state index contributed by atoms with van der Waals surface area (Å²) in [6, 6.07) is 0. The van der Waals surface area contributed by atoms with Crippen LogP contribution in [0.4, 0.5) is 0 Å². The van der Waals surface area contributed by atoms with Gasteiger partial charge in [-0.25, -0.2) is 0 Å². The first kappa shape index (κ1) is 10.8. The highest BCUT2D eigenvalue weighted by atomic mass is 16.4. The molecule has 0 aromatic rings. The molecule has 80 valence electrons. The normalized spacial score (nSPS) is 23.6. The van der Waals surface area contributed by atoms with Crippen molar-refractivity contribution in [3.63, 3.8) is 0 Å². The van der Waals surface area contributed by atoms with E-state index in [0.717, 1.165) is 19.4 Å². The Balaban J connectivity index is 2.56. The van der Waals surface area contributed by atoms with Gasteiger partial charge in [-0.1, -0.05) is 12.1 Å². The van der Waals surface area contributed by atoms with Gasteiger partial charge in [0.1, 0.15) is 5.84 Å². The van der Waals surface area contributed by atoms with E-state index in [1.54, 1.807) is 4.90 Å². The summed E-state index contributed by atoms with van der Waals surface area (Å²) < 4.78 is 0. The minimum absolute atomic E-state index is 0.0178. The standard InChI is InChI=1S/C9H17N3O2/c1-2-8(13)12-5-3-4-7(6-12)9(10)11-14/h7,14H,2-6H2,1H3,(H2,10,11). The molecule has 1 heterocycles. The summed E-state index contributed by atoms with van der Waals surface area (Å²) >= 11 is 0. The topological polar surface area (TPSA) is 78.9 Å². The predicted octanol–water partition coefficient (Wildman–Crippen LogP) is 0.381. The van der Waals surface area contributed by atoms with Crippen molar-refractivity contribution >= 4 is 11.7 Å². The van der Waals surface area contributed by atoms with E-state index in [1.807, 2.05) is 6.92 Å². The molecule has 0 bridgehead atoms. The van der Waals surface area contributed by atoms with Gasteiger partial charge in [0.15, 0.2) is 0 Å². The molecule has 1 aliphatic heterocycles. The van der Waals surface area contributed by atoms with Gasteiger partial charge in [-0.2, -0.15) is 0 Å². The van der Waals surface area contributed by atoms with Gasteiger partial charge >= 0.3 is 0 Å². The fourth-order valence-corrected chi connectivity index (χ4v) is 1.75. The minimum Gasteiger partial charge on any atom is -0.409 e. The van der Waals surface area contributed by atoms with Crippen LogP contribution in [-0.2, 0) is 4.79 Å². The van der Waals surface area contributed by atoms with E-state index >= 15 is 0 Å². The molecule has 0 aromatic heterocycles. The van der Waals surface area contributed by atoms with E-state index < -0.39 is 0 Å². The smallest absolute Gasteiger partial charge is 0.222 e. The third-order valence-electron chi connectivity index (χ3n) is 2.61. The molecule has 0 saturated carbocycles. The van der Waals surface area contributed by atoms with Crippen molar-refractivity contribution in [2.24, 2.45) is 16.8 Å². The highest BCUT2D eigenvalue weighted by molar-refractivity contribution is 5.83. The molecule has 1 rings (SSSR count). The number of likely N-dealkylation sites (tertiary alicyclic amines) is 1. The number of carbonyl (C=O) groups excluding carboxylic acids is 1. The first-order valence-corrected chi connectivity index (χ1v) is 4.94. The van der Waals surface area contributed by atoms with E-state index in [-0.39, 0.29) is 17.7 Å². The van der Waals surface area contributed by atoms with Crippen molar-refractivity contribution in [3.8, 4) is 0 Å². The van der Waals surface area contributed by atoms with Gasteiger partial charge in [0.05, 0.1) is 0 Å². The predicted molar refractivity (Wildman–Crippen MR) is 53.0 cm³/mol. The van der Waals surface area contributed by atoms with Crippen molar-refractivity contribution in [2.45, 2.75) is 26.2 Å². The van der Waals surface area contributed by atoms with Gasteiger partial charge < -0.3 is 15.8 Å². The number of carbonyl (C=O) groups is 1. The molecule has 3 N–H and O–H groups in total. The van der Waals surface area contributed by atoms with Gasteiger partial charge in [0, 0.05) is 25.4 Å². The first-order chi connectivity index (χ1) is 6.69. The zero-order chi connectivity index (χ0) is 10.6. The zero-order valence-electron chi connectivity index (χ0n) is 8.44. The molecule has 0 aromatic carbocycles. The van der Waals surface area contributed by atoms with Crippen LogP contribution in [0.25, 0.3) is 0 Å². The van der Waals surface area contributed by atoms with Crippen molar-refractivity contribution in [2.75, 3.05) is 13.1 Å². The van der Waals surface area contributed by atoms with Gasteiger partial charge in [-0.3, -0.25) is 4.79 Å². The maximum Gasteiger partial charge on any atom is 0.222 e. The van der Waals surface area contributed by atoms with Crippen LogP contribution in [0, 0.1) is 5.92 Å². The van der Waals surface area contributed by atoms with E-state index in [9.17, 15) is 4.79 Å². The summed E-state index contributed by atoms with van der Waals surface area (Å²) in [6.07, 6.45) is 2.33. The molecule has 1 atom stereocenters. The summed E-state index contributed by atoms with van der Waals surface area (Å²) in [4.78, 5) is 13.2. The number of hydrogen-bond donors (Lipinski definition) is 2. The largest absolute Gasteiger partial charge is 0.409 e. The molecule has 1 saturated heterocycles. The Bertz CT molecular complexity index is 240. The third kappa shape index (κ3) is 2.37. The maximum atomic E-state index is 11.4. The molecule has 1 aliphatic rings. The Morgan fingerprint density at radius 1 is 1.71 bits per heavy atom. The number of oxime groups is 1. The van der Waals surface area contributed by atoms with Gasteiger partial charge in [0.25, 0.3) is 0 Å². The molecule has 5 nitrogen and oxygen atoms in total. The average Bonchev–Trinajstić information content (AvgIpc) is 2.27. The molecule has 1 amide bonds. The monoisotopic (exact) mass is 199 g/mol. The number of rotatable bonds is 2. The molecule has 5 heteroatoms. The highest BCUT2D eigenvalue weighted by Crippen LogP contribution is 2.17. The van der Waals surface area contributed by atoms with Crippen molar-refractivity contribution in [3.05, 3.63) is 0 Å². The number of nitrogens with two attached hydrogens (primary N) is 1. The fourth-order valence-electron chi connectivity index (χ4n) is 1.75. The lowest BCUT2D eigenvalue weighted by molar-refractivity contribution is -0.132. The number of piperidine rings is 1. The van der Waals surface area contributed by atoms with E-state index in [2.05, 4.69) is 5.16 Å². The van der Waals surface area contributed by atoms with Gasteiger partial charge in [-0.05, 0) is 12.8 Å². The third-order valence-corrected chi connectivity index (χ3v) is 2.61. The second-order valence-electron chi connectivity index (χ2n) is 3.56. The van der Waals surface area contributed by atoms with Crippen LogP contribution in [0.5, 0.6) is 0 Å². The molecular formula is C9H17N3O2. The lowest BCUT2D eigenvalue weighted by atomic mass is 9.97. The number of amidine groups is 1. The lowest BCUT2D eigenvalue weighted by Gasteiger charge is -2.31. The quantitative estimate of drug-likeness (QED) is 0.292. The highest BCUT2D eigenvalue weighted by Gasteiger charge is 2.25. The summed E-state index contributed by atoms with van der Waals surface area (Å²) in [5, 5.41) is 11.5. The second kappa shape index (κ2) is 4.83. The van der Waals surface area contributed by atoms with Crippen LogP contribution in [0.15, 0.2) is 5.16 Å². The van der Waals surface area contributed by atoms with Crippen molar-refractivity contribution in [1.82, 2.24) is 4.90 Å². The Morgan fingerprint density at radius 2 is 2.43 bits per heavy atom. The van der Waals surface area contributed by atoms with Crippen LogP contribution in [0.1, 0.15) is 26.2 Å². The average molecular weight is 199 g/mol. The van der Waals surface area contributed by atoms with Crippen LogP contribution in [-0.4, -0.2) is 34.9 Å². The summed E-state index contributed by atoms with van der Waals surface area (Å²) in [6.45, 7) is 3.22. The summed E-state index contributed by atoms with van der Waals surface area (Å²) in [7, 11) is 0. The Kier molecular flexibility index (Phi) is 3.73. The summed E-state index contributed by atoms with van der Waals surface area (Å²) in [5.41, 5.74) is 5.51. The second-order valence-corrected chi connectivity index (χ2v) is 3.56. The van der Waals surface area contributed by atoms with Crippen LogP contribution in [0.3, 0.4) is 0 Å². The van der Waals surface area contributed by atoms with Crippen molar-refractivity contribution in [1.29, 1.82) is 0 Å². The van der Waals surface area contributed by atoms with Crippen LogP contribution < -0.4 is 5.73 Å². The molecule has 1 fully saturated rings. The zero-order valence-corrected chi connectivity index (χ0v) is 8.44. The molecule has 0 radical (unpaired) electrons. The fraction of sp³-hybridized carbons (Fsp3) is 0.778. The number of nitrogens with zero attached hydrogens (tertiary/aromatic N) is 2. The van der Waals surface area contributed by atoms with Crippen LogP contribution >= 0.6 is 0 Å². The van der Waals surface area contributed by atoms with E-state index in [1.165, 1.54) is 0 Å². The van der Waals surface area contributed by atoms with Gasteiger partial charge in [-0.15, -0.1) is 0 Å². The summed E-state index contributed by atoms with van der Waals surface area (Å²) in [5.74, 6) is 0.392. The Labute approximate surface area is 83.6 Å². The SMILES string of the molecule is CCC(=O)N1CCCC(C(N)=NO)C1. The lowest BCUT2D eigenvalue weighted by Crippen LogP contribution is -2.43.